The second kappa shape index (κ2) is 4.76. The second-order valence-corrected chi connectivity index (χ2v) is 6.87. The van der Waals surface area contributed by atoms with Crippen molar-refractivity contribution in [1.82, 2.24) is 0 Å². The van der Waals surface area contributed by atoms with Gasteiger partial charge in [0.25, 0.3) is 0 Å². The Labute approximate surface area is 102 Å². The SMILES string of the molecule is NC1(COCc2ccccc2)CCS(=O)(=O)C1. The Morgan fingerprint density at radius 2 is 2.00 bits per heavy atom. The van der Waals surface area contributed by atoms with E-state index >= 15 is 0 Å². The van der Waals surface area contributed by atoms with Crippen LogP contribution in [0, 0.1) is 0 Å². The first-order valence-electron chi connectivity index (χ1n) is 5.60. The minimum atomic E-state index is -2.95. The highest BCUT2D eigenvalue weighted by atomic mass is 32.2. The highest BCUT2D eigenvalue weighted by molar-refractivity contribution is 7.91. The minimum Gasteiger partial charge on any atom is -0.375 e. The molecular weight excluding hydrogens is 238 g/mol. The van der Waals surface area contributed by atoms with Crippen molar-refractivity contribution < 1.29 is 13.2 Å². The van der Waals surface area contributed by atoms with Gasteiger partial charge in [0.05, 0.1) is 30.3 Å². The van der Waals surface area contributed by atoms with Gasteiger partial charge in [0.1, 0.15) is 0 Å². The van der Waals surface area contributed by atoms with Gasteiger partial charge < -0.3 is 10.5 Å². The number of nitrogens with two attached hydrogens (primary N) is 1. The Bertz CT molecular complexity index is 472. The first-order valence-corrected chi connectivity index (χ1v) is 7.42. The van der Waals surface area contributed by atoms with Gasteiger partial charge >= 0.3 is 0 Å². The highest BCUT2D eigenvalue weighted by Gasteiger charge is 2.39. The lowest BCUT2D eigenvalue weighted by Crippen LogP contribution is -2.45. The molecule has 2 rings (SSSR count). The average Bonchev–Trinajstić information content (AvgIpc) is 2.55. The zero-order valence-electron chi connectivity index (χ0n) is 9.63. The van der Waals surface area contributed by atoms with E-state index in [4.69, 9.17) is 10.5 Å². The van der Waals surface area contributed by atoms with E-state index in [9.17, 15) is 8.42 Å². The Balaban J connectivity index is 1.83. The van der Waals surface area contributed by atoms with Gasteiger partial charge in [-0.3, -0.25) is 0 Å². The van der Waals surface area contributed by atoms with Crippen molar-refractivity contribution in [2.45, 2.75) is 18.6 Å². The van der Waals surface area contributed by atoms with Gasteiger partial charge in [0.2, 0.25) is 0 Å². The molecule has 1 aromatic rings. The number of hydrogen-bond acceptors (Lipinski definition) is 4. The van der Waals surface area contributed by atoms with Crippen molar-refractivity contribution in [3.05, 3.63) is 35.9 Å². The molecule has 1 aliphatic rings. The quantitative estimate of drug-likeness (QED) is 0.860. The van der Waals surface area contributed by atoms with E-state index < -0.39 is 15.4 Å². The summed E-state index contributed by atoms with van der Waals surface area (Å²) in [5.41, 5.74) is 6.36. The van der Waals surface area contributed by atoms with Gasteiger partial charge in [0, 0.05) is 0 Å². The van der Waals surface area contributed by atoms with E-state index in [0.29, 0.717) is 19.6 Å². The van der Waals surface area contributed by atoms with Crippen molar-refractivity contribution >= 4 is 9.84 Å². The molecule has 0 bridgehead atoms. The molecule has 1 atom stereocenters. The average molecular weight is 255 g/mol. The summed E-state index contributed by atoms with van der Waals surface area (Å²) in [6.07, 6.45) is 0.490. The summed E-state index contributed by atoms with van der Waals surface area (Å²) >= 11 is 0. The van der Waals surface area contributed by atoms with Crippen LogP contribution in [-0.4, -0.2) is 32.1 Å². The van der Waals surface area contributed by atoms with Crippen molar-refractivity contribution in [3.63, 3.8) is 0 Å². The molecule has 94 valence electrons. The van der Waals surface area contributed by atoms with E-state index in [1.54, 1.807) is 0 Å². The molecule has 2 N–H and O–H groups in total. The predicted molar refractivity (Wildman–Crippen MR) is 66.3 cm³/mol. The maximum atomic E-state index is 11.3. The number of rotatable bonds is 4. The third-order valence-electron chi connectivity index (χ3n) is 2.92. The van der Waals surface area contributed by atoms with E-state index in [1.807, 2.05) is 30.3 Å². The van der Waals surface area contributed by atoms with Crippen LogP contribution in [0.25, 0.3) is 0 Å². The zero-order valence-corrected chi connectivity index (χ0v) is 10.4. The molecule has 0 aromatic heterocycles. The molecule has 0 spiro atoms. The Hall–Kier alpha value is -0.910. The molecule has 5 heteroatoms. The van der Waals surface area contributed by atoms with Crippen LogP contribution >= 0.6 is 0 Å². The third-order valence-corrected chi connectivity index (χ3v) is 4.76. The summed E-state index contributed by atoms with van der Waals surface area (Å²) in [5.74, 6) is 0.215. The summed E-state index contributed by atoms with van der Waals surface area (Å²) in [6, 6.07) is 9.76. The van der Waals surface area contributed by atoms with E-state index in [0.717, 1.165) is 5.56 Å². The Morgan fingerprint density at radius 3 is 2.59 bits per heavy atom. The van der Waals surface area contributed by atoms with E-state index in [-0.39, 0.29) is 11.5 Å². The van der Waals surface area contributed by atoms with E-state index in [1.165, 1.54) is 0 Å². The van der Waals surface area contributed by atoms with Gasteiger partial charge in [0.15, 0.2) is 9.84 Å². The fourth-order valence-electron chi connectivity index (χ4n) is 2.00. The van der Waals surface area contributed by atoms with Crippen LogP contribution in [0.2, 0.25) is 0 Å². The third kappa shape index (κ3) is 3.52. The van der Waals surface area contributed by atoms with Crippen molar-refractivity contribution in [2.24, 2.45) is 5.73 Å². The molecule has 17 heavy (non-hydrogen) atoms. The predicted octanol–water partition coefficient (Wildman–Crippen LogP) is 0.719. The van der Waals surface area contributed by atoms with Crippen LogP contribution in [0.15, 0.2) is 30.3 Å². The number of hydrogen-bond donors (Lipinski definition) is 1. The minimum absolute atomic E-state index is 0.0365. The molecule has 0 amide bonds. The lowest BCUT2D eigenvalue weighted by atomic mass is 10.0. The normalized spacial score (nSPS) is 27.1. The van der Waals surface area contributed by atoms with Crippen LogP contribution < -0.4 is 5.73 Å². The highest BCUT2D eigenvalue weighted by Crippen LogP contribution is 2.21. The number of sulfone groups is 1. The molecule has 0 aliphatic carbocycles. The molecule has 1 unspecified atom stereocenters. The molecule has 1 saturated heterocycles. The molecule has 0 saturated carbocycles. The van der Waals surface area contributed by atoms with Crippen molar-refractivity contribution in [3.8, 4) is 0 Å². The smallest absolute Gasteiger partial charge is 0.152 e. The maximum Gasteiger partial charge on any atom is 0.152 e. The fourth-order valence-corrected chi connectivity index (χ4v) is 3.97. The second-order valence-electron chi connectivity index (χ2n) is 4.68. The first kappa shape index (κ1) is 12.5. The van der Waals surface area contributed by atoms with Gasteiger partial charge in [-0.1, -0.05) is 30.3 Å². The molecule has 1 heterocycles. The topological polar surface area (TPSA) is 69.4 Å². The van der Waals surface area contributed by atoms with Crippen LogP contribution in [0.3, 0.4) is 0 Å². The fraction of sp³-hybridized carbons (Fsp3) is 0.500. The molecule has 1 aliphatic heterocycles. The molecule has 0 radical (unpaired) electrons. The zero-order chi connectivity index (χ0) is 12.4. The molecule has 4 nitrogen and oxygen atoms in total. The van der Waals surface area contributed by atoms with Crippen LogP contribution in [0.4, 0.5) is 0 Å². The Kier molecular flexibility index (Phi) is 3.51. The van der Waals surface area contributed by atoms with Crippen LogP contribution in [0.5, 0.6) is 0 Å². The molecule has 1 fully saturated rings. The van der Waals surface area contributed by atoms with Crippen molar-refractivity contribution in [2.75, 3.05) is 18.1 Å². The van der Waals surface area contributed by atoms with E-state index in [2.05, 4.69) is 0 Å². The molecular formula is C12H17NO3S. The largest absolute Gasteiger partial charge is 0.375 e. The standard InChI is InChI=1S/C12H17NO3S/c13-12(6-7-17(14,15)10-12)9-16-8-11-4-2-1-3-5-11/h1-5H,6-10,13H2. The summed E-state index contributed by atoms with van der Waals surface area (Å²) in [6.45, 7) is 0.765. The van der Waals surface area contributed by atoms with Crippen LogP contribution in [-0.2, 0) is 21.2 Å². The maximum absolute atomic E-state index is 11.3. The first-order chi connectivity index (χ1) is 7.99. The molecule has 1 aromatic carbocycles. The Morgan fingerprint density at radius 1 is 1.29 bits per heavy atom. The lowest BCUT2D eigenvalue weighted by molar-refractivity contribution is 0.0814. The van der Waals surface area contributed by atoms with Crippen LogP contribution in [0.1, 0.15) is 12.0 Å². The summed E-state index contributed by atoms with van der Waals surface area (Å²) in [5, 5.41) is 0. The van der Waals surface area contributed by atoms with Gasteiger partial charge in [-0.15, -0.1) is 0 Å². The van der Waals surface area contributed by atoms with Crippen molar-refractivity contribution in [1.29, 1.82) is 0 Å². The summed E-state index contributed by atoms with van der Waals surface area (Å²) < 4.78 is 28.2. The lowest BCUT2D eigenvalue weighted by Gasteiger charge is -2.21. The summed E-state index contributed by atoms with van der Waals surface area (Å²) in [4.78, 5) is 0. The number of ether oxygens (including phenoxy) is 1. The van der Waals surface area contributed by atoms with Gasteiger partial charge in [-0.25, -0.2) is 8.42 Å². The number of benzene rings is 1. The summed E-state index contributed by atoms with van der Waals surface area (Å²) in [7, 11) is -2.95. The van der Waals surface area contributed by atoms with Gasteiger partial charge in [-0.05, 0) is 12.0 Å². The van der Waals surface area contributed by atoms with Gasteiger partial charge in [-0.2, -0.15) is 0 Å². The monoisotopic (exact) mass is 255 g/mol.